The smallest absolute Gasteiger partial charge is 0.374 e. The number of carbonyl (C=O) groups is 1. The number of benzene rings is 1. The summed E-state index contributed by atoms with van der Waals surface area (Å²) in [5, 5.41) is 2.73. The number of amides is 1. The van der Waals surface area contributed by atoms with Gasteiger partial charge < -0.3 is 10.2 Å². The molecule has 2 rings (SSSR count). The molecule has 0 aliphatic heterocycles. The first-order valence-corrected chi connectivity index (χ1v) is 8.12. The molecule has 1 aromatic heterocycles. The van der Waals surface area contributed by atoms with Gasteiger partial charge in [-0.3, -0.25) is 4.79 Å². The molecule has 132 valence electrons. The van der Waals surface area contributed by atoms with Crippen molar-refractivity contribution < 1.29 is 18.0 Å². The van der Waals surface area contributed by atoms with Crippen LogP contribution in [0, 0.1) is 0 Å². The summed E-state index contributed by atoms with van der Waals surface area (Å²) in [5.74, 6) is -0.317. The highest BCUT2D eigenvalue weighted by Gasteiger charge is 2.35. The van der Waals surface area contributed by atoms with Crippen LogP contribution in [0.5, 0.6) is 0 Å². The molecule has 0 aliphatic carbocycles. The van der Waals surface area contributed by atoms with Crippen LogP contribution in [-0.2, 0) is 0 Å². The van der Waals surface area contributed by atoms with Crippen molar-refractivity contribution in [2.24, 2.45) is 0 Å². The summed E-state index contributed by atoms with van der Waals surface area (Å²) in [5.41, 5.74) is 0.0408. The molecule has 0 saturated heterocycles. The van der Waals surface area contributed by atoms with Crippen LogP contribution < -0.4 is 5.32 Å². The molecule has 1 amide bonds. The van der Waals surface area contributed by atoms with Gasteiger partial charge in [0, 0.05) is 24.7 Å². The lowest BCUT2D eigenvalue weighted by molar-refractivity contribution is -0.107. The zero-order chi connectivity index (χ0) is 18.6. The van der Waals surface area contributed by atoms with E-state index in [0.717, 1.165) is 22.3 Å². The quantitative estimate of drug-likeness (QED) is 0.754. The first-order chi connectivity index (χ1) is 11.7. The lowest BCUT2D eigenvalue weighted by Gasteiger charge is -2.20. The highest BCUT2D eigenvalue weighted by atomic mass is 32.1. The van der Waals surface area contributed by atoms with Crippen LogP contribution in [0.25, 0.3) is 5.57 Å². The van der Waals surface area contributed by atoms with Gasteiger partial charge in [-0.2, -0.15) is 13.2 Å². The SMILES string of the molecule is C=C(/C=C(\N(C)C)C(F)(F)F)c1ccc(C(=O)Nc2ccccc2)s1. The Labute approximate surface area is 148 Å². The molecule has 0 radical (unpaired) electrons. The van der Waals surface area contributed by atoms with Gasteiger partial charge in [-0.1, -0.05) is 24.8 Å². The van der Waals surface area contributed by atoms with Crippen molar-refractivity contribution in [3.63, 3.8) is 0 Å². The number of nitrogens with one attached hydrogen (secondary N) is 1. The van der Waals surface area contributed by atoms with Gasteiger partial charge in [0.25, 0.3) is 5.91 Å². The molecule has 1 aromatic carbocycles. The van der Waals surface area contributed by atoms with Crippen LogP contribution >= 0.6 is 11.3 Å². The average molecular weight is 366 g/mol. The molecule has 0 spiro atoms. The number of carbonyl (C=O) groups excluding carboxylic acids is 1. The summed E-state index contributed by atoms with van der Waals surface area (Å²) >= 11 is 1.09. The number of halogens is 3. The number of nitrogens with zero attached hydrogens (tertiary/aromatic N) is 1. The lowest BCUT2D eigenvalue weighted by atomic mass is 10.2. The monoisotopic (exact) mass is 366 g/mol. The van der Waals surface area contributed by atoms with E-state index >= 15 is 0 Å². The van der Waals surface area contributed by atoms with E-state index < -0.39 is 11.9 Å². The molecule has 2 aromatic rings. The van der Waals surface area contributed by atoms with Crippen molar-refractivity contribution in [2.45, 2.75) is 6.18 Å². The van der Waals surface area contributed by atoms with E-state index in [1.807, 2.05) is 6.07 Å². The number of para-hydroxylation sites is 1. The van der Waals surface area contributed by atoms with Crippen molar-refractivity contribution in [3.8, 4) is 0 Å². The van der Waals surface area contributed by atoms with Crippen molar-refractivity contribution >= 4 is 28.5 Å². The first-order valence-electron chi connectivity index (χ1n) is 7.30. The van der Waals surface area contributed by atoms with Gasteiger partial charge in [0.1, 0.15) is 5.70 Å². The lowest BCUT2D eigenvalue weighted by Crippen LogP contribution is -2.25. The number of anilines is 1. The number of alkyl halides is 3. The summed E-state index contributed by atoms with van der Waals surface area (Å²) < 4.78 is 39.0. The van der Waals surface area contributed by atoms with Crippen molar-refractivity contribution in [1.29, 1.82) is 0 Å². The fourth-order valence-corrected chi connectivity index (χ4v) is 2.89. The molecular weight excluding hydrogens is 349 g/mol. The summed E-state index contributed by atoms with van der Waals surface area (Å²) in [6.07, 6.45) is -3.50. The number of thiophene rings is 1. The minimum atomic E-state index is -4.47. The fraction of sp³-hybridized carbons (Fsp3) is 0.167. The molecule has 0 bridgehead atoms. The number of allylic oxidation sites excluding steroid dienone is 3. The second-order valence-electron chi connectivity index (χ2n) is 5.43. The highest BCUT2D eigenvalue weighted by molar-refractivity contribution is 7.15. The number of hydrogen-bond donors (Lipinski definition) is 1. The van der Waals surface area contributed by atoms with Crippen molar-refractivity contribution in [2.75, 3.05) is 19.4 Å². The van der Waals surface area contributed by atoms with Gasteiger partial charge in [0.2, 0.25) is 0 Å². The third-order valence-corrected chi connectivity index (χ3v) is 4.42. The van der Waals surface area contributed by atoms with Gasteiger partial charge in [-0.15, -0.1) is 11.3 Å². The maximum Gasteiger partial charge on any atom is 0.431 e. The fourth-order valence-electron chi connectivity index (χ4n) is 2.05. The third kappa shape index (κ3) is 4.96. The molecule has 0 atom stereocenters. The normalized spacial score (nSPS) is 12.0. The molecule has 0 unspecified atom stereocenters. The summed E-state index contributed by atoms with van der Waals surface area (Å²) in [6.45, 7) is 3.69. The Hall–Kier alpha value is -2.54. The van der Waals surface area contributed by atoms with Crippen LogP contribution in [0.15, 0.2) is 60.8 Å². The minimum absolute atomic E-state index is 0.199. The van der Waals surface area contributed by atoms with E-state index in [0.29, 0.717) is 15.4 Å². The topological polar surface area (TPSA) is 32.3 Å². The van der Waals surface area contributed by atoms with Gasteiger partial charge in [0.05, 0.1) is 4.88 Å². The van der Waals surface area contributed by atoms with E-state index in [9.17, 15) is 18.0 Å². The first kappa shape index (κ1) is 18.8. The molecule has 3 nitrogen and oxygen atoms in total. The summed E-state index contributed by atoms with van der Waals surface area (Å²) in [6, 6.07) is 12.1. The van der Waals surface area contributed by atoms with Gasteiger partial charge in [0.15, 0.2) is 0 Å². The third-order valence-electron chi connectivity index (χ3n) is 3.26. The molecule has 1 N–H and O–H groups in total. The van der Waals surface area contributed by atoms with E-state index in [4.69, 9.17) is 0 Å². The highest BCUT2D eigenvalue weighted by Crippen LogP contribution is 2.31. The molecule has 0 saturated carbocycles. The zero-order valence-corrected chi connectivity index (χ0v) is 14.5. The summed E-state index contributed by atoms with van der Waals surface area (Å²) in [7, 11) is 2.64. The predicted molar refractivity (Wildman–Crippen MR) is 95.6 cm³/mol. The Kier molecular flexibility index (Phi) is 5.69. The molecule has 0 fully saturated rings. The Morgan fingerprint density at radius 2 is 1.72 bits per heavy atom. The van der Waals surface area contributed by atoms with Crippen molar-refractivity contribution in [3.05, 3.63) is 70.6 Å². The van der Waals surface area contributed by atoms with Crippen LogP contribution in [0.1, 0.15) is 14.5 Å². The Morgan fingerprint density at radius 1 is 1.12 bits per heavy atom. The second-order valence-corrected chi connectivity index (χ2v) is 6.51. The van der Waals surface area contributed by atoms with E-state index in [1.165, 1.54) is 14.1 Å². The molecule has 1 heterocycles. The van der Waals surface area contributed by atoms with Crippen molar-refractivity contribution in [1.82, 2.24) is 4.90 Å². The number of rotatable bonds is 5. The minimum Gasteiger partial charge on any atom is -0.374 e. The molecule has 0 aliphatic rings. The number of hydrogen-bond acceptors (Lipinski definition) is 3. The Balaban J connectivity index is 2.17. The maximum atomic E-state index is 13.0. The standard InChI is InChI=1S/C18H17F3N2OS/c1-12(11-16(23(2)3)18(19,20)21)14-9-10-15(25-14)17(24)22-13-7-5-4-6-8-13/h4-11H,1H2,2-3H3,(H,22,24)/b16-11-. The average Bonchev–Trinajstić information content (AvgIpc) is 3.02. The van der Waals surface area contributed by atoms with E-state index in [1.54, 1.807) is 36.4 Å². The predicted octanol–water partition coefficient (Wildman–Crippen LogP) is 5.02. The second kappa shape index (κ2) is 7.57. The van der Waals surface area contributed by atoms with Gasteiger partial charge in [-0.25, -0.2) is 0 Å². The van der Waals surface area contributed by atoms with Gasteiger partial charge >= 0.3 is 6.18 Å². The molecule has 7 heteroatoms. The molecule has 25 heavy (non-hydrogen) atoms. The van der Waals surface area contributed by atoms with Crippen LogP contribution in [0.4, 0.5) is 18.9 Å². The molecular formula is C18H17F3N2OS. The largest absolute Gasteiger partial charge is 0.431 e. The Morgan fingerprint density at radius 3 is 2.28 bits per heavy atom. The maximum absolute atomic E-state index is 13.0. The van der Waals surface area contributed by atoms with Crippen LogP contribution in [0.3, 0.4) is 0 Å². The zero-order valence-electron chi connectivity index (χ0n) is 13.7. The van der Waals surface area contributed by atoms with E-state index in [2.05, 4.69) is 11.9 Å². The summed E-state index contributed by atoms with van der Waals surface area (Å²) in [4.78, 5) is 14.1. The van der Waals surface area contributed by atoms with Crippen LogP contribution in [-0.4, -0.2) is 31.1 Å². The van der Waals surface area contributed by atoms with Gasteiger partial charge in [-0.05, 0) is 35.9 Å². The Bertz CT molecular complexity index is 792. The van der Waals surface area contributed by atoms with E-state index in [-0.39, 0.29) is 11.5 Å². The van der Waals surface area contributed by atoms with Crippen LogP contribution in [0.2, 0.25) is 0 Å².